The molecular formula is C13H20ClN3O2. The van der Waals surface area contributed by atoms with Gasteiger partial charge < -0.3 is 16.0 Å². The van der Waals surface area contributed by atoms with Crippen molar-refractivity contribution < 1.29 is 9.59 Å². The van der Waals surface area contributed by atoms with E-state index in [1.807, 2.05) is 6.92 Å². The third-order valence-electron chi connectivity index (χ3n) is 2.54. The lowest BCUT2D eigenvalue weighted by molar-refractivity contribution is -0.117. The zero-order valence-electron chi connectivity index (χ0n) is 11.6. The van der Waals surface area contributed by atoms with Crippen LogP contribution in [0.4, 0.5) is 5.69 Å². The molecule has 6 heteroatoms. The quantitative estimate of drug-likeness (QED) is 0.881. The normalized spacial score (nSPS) is 11.2. The molecule has 0 spiro atoms. The SMILES string of the molecule is Cc1cc(NC(=O)[C@H](C)N)ccc1C(=O)N(C)C.Cl. The number of aryl methyl sites for hydroxylation is 1. The Balaban J connectivity index is 0.00000324. The molecule has 1 aromatic carbocycles. The van der Waals surface area contributed by atoms with Crippen LogP contribution in [0, 0.1) is 6.92 Å². The molecule has 3 N–H and O–H groups in total. The number of halogens is 1. The van der Waals surface area contributed by atoms with E-state index in [1.54, 1.807) is 39.2 Å². The fourth-order valence-electron chi connectivity index (χ4n) is 1.48. The average Bonchev–Trinajstić information content (AvgIpc) is 2.28. The van der Waals surface area contributed by atoms with Gasteiger partial charge in [-0.1, -0.05) is 0 Å². The Hall–Kier alpha value is -1.59. The van der Waals surface area contributed by atoms with E-state index >= 15 is 0 Å². The van der Waals surface area contributed by atoms with Crippen LogP contribution >= 0.6 is 12.4 Å². The highest BCUT2D eigenvalue weighted by molar-refractivity contribution is 5.97. The minimum atomic E-state index is -0.562. The maximum absolute atomic E-state index is 11.8. The molecule has 1 atom stereocenters. The monoisotopic (exact) mass is 285 g/mol. The number of anilines is 1. The molecule has 0 fully saturated rings. The van der Waals surface area contributed by atoms with E-state index in [-0.39, 0.29) is 24.2 Å². The van der Waals surface area contributed by atoms with Gasteiger partial charge in [-0.05, 0) is 37.6 Å². The minimum Gasteiger partial charge on any atom is -0.345 e. The van der Waals surface area contributed by atoms with Gasteiger partial charge in [-0.3, -0.25) is 9.59 Å². The second-order valence-electron chi connectivity index (χ2n) is 4.51. The lowest BCUT2D eigenvalue weighted by atomic mass is 10.1. The highest BCUT2D eigenvalue weighted by Gasteiger charge is 2.13. The van der Waals surface area contributed by atoms with Crippen molar-refractivity contribution >= 4 is 29.9 Å². The molecule has 1 aromatic rings. The van der Waals surface area contributed by atoms with Crippen LogP contribution in [0.3, 0.4) is 0 Å². The molecule has 0 aliphatic rings. The van der Waals surface area contributed by atoms with Gasteiger partial charge in [0.15, 0.2) is 0 Å². The first-order valence-corrected chi connectivity index (χ1v) is 5.71. The van der Waals surface area contributed by atoms with Crippen LogP contribution in [0.5, 0.6) is 0 Å². The predicted octanol–water partition coefficient (Wildman–Crippen LogP) is 1.40. The molecular weight excluding hydrogens is 266 g/mol. The number of carbonyl (C=O) groups excluding carboxylic acids is 2. The molecule has 0 heterocycles. The Bertz CT molecular complexity index is 473. The van der Waals surface area contributed by atoms with Crippen LogP contribution in [0.25, 0.3) is 0 Å². The minimum absolute atomic E-state index is 0. The van der Waals surface area contributed by atoms with Crippen molar-refractivity contribution in [3.05, 3.63) is 29.3 Å². The molecule has 0 bridgehead atoms. The Morgan fingerprint density at radius 2 is 1.89 bits per heavy atom. The van der Waals surface area contributed by atoms with E-state index in [4.69, 9.17) is 5.73 Å². The Morgan fingerprint density at radius 1 is 1.32 bits per heavy atom. The molecule has 0 radical (unpaired) electrons. The first-order valence-electron chi connectivity index (χ1n) is 5.71. The van der Waals surface area contributed by atoms with Gasteiger partial charge in [-0.2, -0.15) is 0 Å². The maximum Gasteiger partial charge on any atom is 0.253 e. The maximum atomic E-state index is 11.8. The fourth-order valence-corrected chi connectivity index (χ4v) is 1.48. The van der Waals surface area contributed by atoms with Crippen molar-refractivity contribution in [3.8, 4) is 0 Å². The first-order chi connectivity index (χ1) is 8.32. The molecule has 0 saturated carbocycles. The van der Waals surface area contributed by atoms with E-state index in [1.165, 1.54) is 4.90 Å². The van der Waals surface area contributed by atoms with Crippen LogP contribution in [0.15, 0.2) is 18.2 Å². The van der Waals surface area contributed by atoms with Crippen molar-refractivity contribution in [2.45, 2.75) is 19.9 Å². The van der Waals surface area contributed by atoms with Crippen LogP contribution in [0.1, 0.15) is 22.8 Å². The van der Waals surface area contributed by atoms with Gasteiger partial charge in [0.1, 0.15) is 0 Å². The van der Waals surface area contributed by atoms with Gasteiger partial charge in [0, 0.05) is 25.3 Å². The summed E-state index contributed by atoms with van der Waals surface area (Å²) in [5.74, 6) is -0.307. The molecule has 1 rings (SSSR count). The Labute approximate surface area is 119 Å². The summed E-state index contributed by atoms with van der Waals surface area (Å²) in [6, 6.07) is 4.60. The number of hydrogen-bond acceptors (Lipinski definition) is 3. The third-order valence-corrected chi connectivity index (χ3v) is 2.54. The standard InChI is InChI=1S/C13H19N3O2.ClH/c1-8-7-10(15-12(17)9(2)14)5-6-11(8)13(18)16(3)4;/h5-7,9H,14H2,1-4H3,(H,15,17);1H/t9-;/m0./s1. The van der Waals surface area contributed by atoms with E-state index in [0.717, 1.165) is 5.56 Å². The lowest BCUT2D eigenvalue weighted by Gasteiger charge is -2.14. The Kier molecular flexibility index (Phi) is 6.52. The van der Waals surface area contributed by atoms with E-state index < -0.39 is 6.04 Å². The van der Waals surface area contributed by atoms with Gasteiger partial charge >= 0.3 is 0 Å². The average molecular weight is 286 g/mol. The van der Waals surface area contributed by atoms with Gasteiger partial charge in [0.2, 0.25) is 5.91 Å². The van der Waals surface area contributed by atoms with Gasteiger partial charge in [0.25, 0.3) is 5.91 Å². The number of nitrogens with one attached hydrogen (secondary N) is 1. The number of hydrogen-bond donors (Lipinski definition) is 2. The van der Waals surface area contributed by atoms with Crippen molar-refractivity contribution in [2.24, 2.45) is 5.73 Å². The smallest absolute Gasteiger partial charge is 0.253 e. The van der Waals surface area contributed by atoms with Crippen molar-refractivity contribution in [1.82, 2.24) is 4.90 Å². The second kappa shape index (κ2) is 7.11. The topological polar surface area (TPSA) is 75.4 Å². The highest BCUT2D eigenvalue weighted by atomic mass is 35.5. The number of nitrogens with zero attached hydrogens (tertiary/aromatic N) is 1. The van der Waals surface area contributed by atoms with E-state index in [2.05, 4.69) is 5.32 Å². The van der Waals surface area contributed by atoms with E-state index in [9.17, 15) is 9.59 Å². The summed E-state index contributed by atoms with van der Waals surface area (Å²) in [4.78, 5) is 24.8. The van der Waals surface area contributed by atoms with Crippen molar-refractivity contribution in [1.29, 1.82) is 0 Å². The number of rotatable bonds is 3. The predicted molar refractivity (Wildman–Crippen MR) is 78.7 cm³/mol. The number of benzene rings is 1. The van der Waals surface area contributed by atoms with Crippen LogP contribution in [0.2, 0.25) is 0 Å². The van der Waals surface area contributed by atoms with Gasteiger partial charge in [-0.25, -0.2) is 0 Å². The summed E-state index contributed by atoms with van der Waals surface area (Å²) in [7, 11) is 3.40. The van der Waals surface area contributed by atoms with Crippen LogP contribution in [-0.4, -0.2) is 36.9 Å². The zero-order valence-corrected chi connectivity index (χ0v) is 12.4. The third kappa shape index (κ3) is 4.54. The molecule has 0 aliphatic heterocycles. The van der Waals surface area contributed by atoms with Gasteiger partial charge in [-0.15, -0.1) is 12.4 Å². The van der Waals surface area contributed by atoms with Crippen molar-refractivity contribution in [2.75, 3.05) is 19.4 Å². The largest absolute Gasteiger partial charge is 0.345 e. The van der Waals surface area contributed by atoms with E-state index in [0.29, 0.717) is 11.3 Å². The molecule has 0 saturated heterocycles. The lowest BCUT2D eigenvalue weighted by Crippen LogP contribution is -2.32. The molecule has 106 valence electrons. The summed E-state index contributed by atoms with van der Waals surface area (Å²) in [5.41, 5.74) is 7.55. The van der Waals surface area contributed by atoms with Crippen LogP contribution in [-0.2, 0) is 4.79 Å². The summed E-state index contributed by atoms with van der Waals surface area (Å²) >= 11 is 0. The fraction of sp³-hybridized carbons (Fsp3) is 0.385. The van der Waals surface area contributed by atoms with Crippen LogP contribution < -0.4 is 11.1 Å². The molecule has 0 aromatic heterocycles. The summed E-state index contributed by atoms with van der Waals surface area (Å²) < 4.78 is 0. The molecule has 5 nitrogen and oxygen atoms in total. The first kappa shape index (κ1) is 17.4. The summed E-state index contributed by atoms with van der Waals surface area (Å²) in [6.07, 6.45) is 0. The van der Waals surface area contributed by atoms with Crippen molar-refractivity contribution in [3.63, 3.8) is 0 Å². The highest BCUT2D eigenvalue weighted by Crippen LogP contribution is 2.16. The molecule has 2 amide bonds. The van der Waals surface area contributed by atoms with Gasteiger partial charge in [0.05, 0.1) is 6.04 Å². The number of amides is 2. The number of nitrogens with two attached hydrogens (primary N) is 1. The Morgan fingerprint density at radius 3 is 2.32 bits per heavy atom. The zero-order chi connectivity index (χ0) is 13.9. The summed E-state index contributed by atoms with van der Waals surface area (Å²) in [6.45, 7) is 3.45. The molecule has 0 unspecified atom stereocenters. The summed E-state index contributed by atoms with van der Waals surface area (Å²) in [5, 5.41) is 2.69. The molecule has 19 heavy (non-hydrogen) atoms. The second-order valence-corrected chi connectivity index (χ2v) is 4.51. The number of carbonyl (C=O) groups is 2. The molecule has 0 aliphatic carbocycles.